The van der Waals surface area contributed by atoms with Crippen molar-refractivity contribution in [2.75, 3.05) is 0 Å². The molecule has 106 valence electrons. The minimum absolute atomic E-state index is 0. The van der Waals surface area contributed by atoms with Crippen LogP contribution < -0.4 is 0 Å². The summed E-state index contributed by atoms with van der Waals surface area (Å²) in [4.78, 5) is 0. The maximum absolute atomic E-state index is 2.18. The lowest BCUT2D eigenvalue weighted by Gasteiger charge is -1.68. The molecule has 0 saturated carbocycles. The third kappa shape index (κ3) is 3040. The van der Waals surface area contributed by atoms with Gasteiger partial charge < -0.3 is 0 Å². The number of hydrogen-bond donors (Lipinski definition) is 0. The van der Waals surface area contributed by atoms with Crippen molar-refractivity contribution in [3.8, 4) is 0 Å². The normalized spacial score (nSPS) is 2.14. The van der Waals surface area contributed by atoms with E-state index >= 15 is 0 Å². The van der Waals surface area contributed by atoms with Crippen molar-refractivity contribution in [1.82, 2.24) is 0 Å². The van der Waals surface area contributed by atoms with Gasteiger partial charge in [-0.2, -0.15) is 0 Å². The van der Waals surface area contributed by atoms with Crippen molar-refractivity contribution in [1.29, 1.82) is 0 Å². The first kappa shape index (κ1) is 309. The summed E-state index contributed by atoms with van der Waals surface area (Å²) in [5, 5.41) is 0. The van der Waals surface area contributed by atoms with Gasteiger partial charge in [0.2, 0.25) is 0 Å². The zero-order chi connectivity index (χ0) is 3.41. The Morgan fingerprint density at radius 2 is 0.500 bits per heavy atom. The SMILES string of the molecule is CCCC.Cl.F.F.F.F.F.F.F.F.F. The van der Waals surface area contributed by atoms with Gasteiger partial charge in [-0.25, -0.2) is 0 Å². The summed E-state index contributed by atoms with van der Waals surface area (Å²) < 4.78 is 0. The minimum Gasteiger partial charge on any atom is -0.269 e. The number of unbranched alkanes of at least 4 members (excludes halogenated alkanes) is 1. The largest absolute Gasteiger partial charge is 0.269 e. The maximum Gasteiger partial charge on any atom is -0.0564 e. The molecule has 0 radical (unpaired) electrons. The van der Waals surface area contributed by atoms with Crippen LogP contribution in [0.15, 0.2) is 0 Å². The summed E-state index contributed by atoms with van der Waals surface area (Å²) in [6.45, 7) is 4.36. The fourth-order valence-electron chi connectivity index (χ4n) is 0. The monoisotopic (exact) mass is 274 g/mol. The second-order valence-electron chi connectivity index (χ2n) is 1.000. The number of halogens is 10. The molecule has 10 heteroatoms. The van der Waals surface area contributed by atoms with E-state index in [9.17, 15) is 0 Å². The lowest BCUT2D eigenvalue weighted by Crippen LogP contribution is -1.47. The first-order valence-electron chi connectivity index (χ1n) is 1.91. The molecule has 0 nitrogen and oxygen atoms in total. The van der Waals surface area contributed by atoms with Gasteiger partial charge in [0.05, 0.1) is 0 Å². The lowest BCUT2D eigenvalue weighted by atomic mass is 10.4. The molecule has 0 aromatic rings. The van der Waals surface area contributed by atoms with Crippen molar-refractivity contribution >= 4 is 12.4 Å². The Morgan fingerprint density at radius 3 is 0.500 bits per heavy atom. The standard InChI is InChI=1S/C4H10.ClH.9FH/c1-3-4-2;;;;;;;;;;/h3-4H2,1-2H3;10*1H. The Labute approximate surface area is 82.5 Å². The summed E-state index contributed by atoms with van der Waals surface area (Å²) in [7, 11) is 0. The fourth-order valence-corrected chi connectivity index (χ4v) is 0. The second kappa shape index (κ2) is 625. The van der Waals surface area contributed by atoms with Crippen molar-refractivity contribution in [2.24, 2.45) is 0 Å². The fraction of sp³-hybridized carbons (Fsp3) is 1.00. The summed E-state index contributed by atoms with van der Waals surface area (Å²) in [6.07, 6.45) is 2.64. The Balaban J connectivity index is -0.000000001000. The van der Waals surface area contributed by atoms with Gasteiger partial charge in [-0.05, 0) is 0 Å². The zero-order valence-electron chi connectivity index (χ0n) is 7.50. The topological polar surface area (TPSA) is 0 Å². The summed E-state index contributed by atoms with van der Waals surface area (Å²) >= 11 is 0. The van der Waals surface area contributed by atoms with Gasteiger partial charge in [-0.15, -0.1) is 12.4 Å². The van der Waals surface area contributed by atoms with E-state index in [1.54, 1.807) is 0 Å². The van der Waals surface area contributed by atoms with Crippen LogP contribution in [0.25, 0.3) is 0 Å². The van der Waals surface area contributed by atoms with E-state index in [1.165, 1.54) is 12.8 Å². The van der Waals surface area contributed by atoms with E-state index in [-0.39, 0.29) is 54.7 Å². The van der Waals surface area contributed by atoms with Crippen LogP contribution in [0.1, 0.15) is 26.7 Å². The van der Waals surface area contributed by atoms with E-state index < -0.39 is 0 Å². The minimum atomic E-state index is 0. The molecule has 0 spiro atoms. The highest BCUT2D eigenvalue weighted by atomic mass is 35.5. The number of hydrogen-bond acceptors (Lipinski definition) is 0. The Kier molecular flexibility index (Phi) is 13800. The first-order chi connectivity index (χ1) is 1.91. The van der Waals surface area contributed by atoms with Crippen molar-refractivity contribution < 1.29 is 42.3 Å². The van der Waals surface area contributed by atoms with Gasteiger partial charge in [-0.1, -0.05) is 26.7 Å². The van der Waals surface area contributed by atoms with Crippen molar-refractivity contribution in [3.05, 3.63) is 0 Å². The molecule has 0 amide bonds. The second-order valence-corrected chi connectivity index (χ2v) is 1.000. The molecule has 0 atom stereocenters. The Bertz CT molecular complexity index is 18.8. The third-order valence-corrected chi connectivity index (χ3v) is 0.500. The molecule has 0 aliphatic rings. The highest BCUT2D eigenvalue weighted by Gasteiger charge is 1.56. The van der Waals surface area contributed by atoms with Gasteiger partial charge in [0.25, 0.3) is 0 Å². The quantitative estimate of drug-likeness (QED) is 0.641. The zero-order valence-corrected chi connectivity index (χ0v) is 8.31. The lowest BCUT2D eigenvalue weighted by molar-refractivity contribution is 0.886. The average Bonchev–Trinajstić information content (AvgIpc) is 1.37. The van der Waals surface area contributed by atoms with Crippen LogP contribution >= 0.6 is 12.4 Å². The molecule has 0 N–H and O–H groups in total. The summed E-state index contributed by atoms with van der Waals surface area (Å²) in [5.74, 6) is 0. The van der Waals surface area contributed by atoms with Crippen LogP contribution in [-0.2, 0) is 0 Å². The molecular weight excluding hydrogens is 254 g/mol. The van der Waals surface area contributed by atoms with E-state index in [0.717, 1.165) is 0 Å². The Hall–Kier alpha value is -0.340. The highest BCUT2D eigenvalue weighted by Crippen LogP contribution is 1.76. The van der Waals surface area contributed by atoms with Gasteiger partial charge in [0.15, 0.2) is 0 Å². The Morgan fingerprint density at radius 1 is 0.429 bits per heavy atom. The molecule has 0 rings (SSSR count). The van der Waals surface area contributed by atoms with Crippen LogP contribution in [0.3, 0.4) is 0 Å². The van der Waals surface area contributed by atoms with Gasteiger partial charge in [-0.3, -0.25) is 42.3 Å². The van der Waals surface area contributed by atoms with Crippen LogP contribution in [-0.4, -0.2) is 0 Å². The molecule has 0 fully saturated rings. The predicted octanol–water partition coefficient (Wildman–Crippen LogP) is 3.60. The molecule has 0 aliphatic carbocycles. The molecule has 0 heterocycles. The summed E-state index contributed by atoms with van der Waals surface area (Å²) in [5.41, 5.74) is 0. The molecule has 0 unspecified atom stereocenters. The first-order valence-corrected chi connectivity index (χ1v) is 1.91. The van der Waals surface area contributed by atoms with Gasteiger partial charge in [0, 0.05) is 0 Å². The summed E-state index contributed by atoms with van der Waals surface area (Å²) in [6, 6.07) is 0. The van der Waals surface area contributed by atoms with E-state index in [1.807, 2.05) is 0 Å². The highest BCUT2D eigenvalue weighted by molar-refractivity contribution is 5.85. The average molecular weight is 275 g/mol. The molecule has 0 aliphatic heterocycles. The van der Waals surface area contributed by atoms with Crippen LogP contribution in [0, 0.1) is 0 Å². The maximum atomic E-state index is 2.18. The molecule has 0 saturated heterocycles. The molecule has 0 aromatic heterocycles. The number of rotatable bonds is 1. The van der Waals surface area contributed by atoms with E-state index in [0.29, 0.717) is 0 Å². The van der Waals surface area contributed by atoms with E-state index in [4.69, 9.17) is 0 Å². The van der Waals surface area contributed by atoms with Crippen LogP contribution in [0.2, 0.25) is 0 Å². The van der Waals surface area contributed by atoms with Crippen molar-refractivity contribution in [2.45, 2.75) is 26.7 Å². The molecular formula is C4H20ClF9. The van der Waals surface area contributed by atoms with Crippen LogP contribution in [0.5, 0.6) is 0 Å². The molecule has 14 heavy (non-hydrogen) atoms. The van der Waals surface area contributed by atoms with Crippen LogP contribution in [0.4, 0.5) is 42.3 Å². The van der Waals surface area contributed by atoms with Gasteiger partial charge in [0.1, 0.15) is 0 Å². The van der Waals surface area contributed by atoms with E-state index in [2.05, 4.69) is 13.8 Å². The smallest absolute Gasteiger partial charge is 0.0564 e. The predicted molar refractivity (Wildman–Crippen MR) is 50.4 cm³/mol. The van der Waals surface area contributed by atoms with Crippen molar-refractivity contribution in [3.63, 3.8) is 0 Å². The van der Waals surface area contributed by atoms with Gasteiger partial charge >= 0.3 is 0 Å². The molecule has 0 bridgehead atoms. The molecule has 0 aromatic carbocycles. The third-order valence-electron chi connectivity index (χ3n) is 0.500.